The Morgan fingerprint density at radius 1 is 1.24 bits per heavy atom. The summed E-state index contributed by atoms with van der Waals surface area (Å²) in [6, 6.07) is 15.1. The number of rotatable bonds is 8. The first kappa shape index (κ1) is 22.4. The number of nitrogens with zero attached hydrogens (tertiary/aromatic N) is 3. The van der Waals surface area contributed by atoms with Gasteiger partial charge in [0.1, 0.15) is 17.6 Å². The SMILES string of the molecule is COC(=O)CCCN1C(=S)N[C@H](c2ccccn2)[C@H]1c1ccc(-c2ccc([N+](=O)[O-])cc2)o1. The largest absolute Gasteiger partial charge is 0.469 e. The Hall–Kier alpha value is -3.79. The average molecular weight is 467 g/mol. The molecule has 1 saturated heterocycles. The molecule has 0 bridgehead atoms. The van der Waals surface area contributed by atoms with E-state index < -0.39 is 4.92 Å². The molecule has 0 aliphatic carbocycles. The number of esters is 1. The van der Waals surface area contributed by atoms with E-state index in [1.54, 1.807) is 18.3 Å². The Balaban J connectivity index is 1.63. The predicted octanol–water partition coefficient (Wildman–Crippen LogP) is 4.18. The number of nitro benzene ring substituents is 1. The summed E-state index contributed by atoms with van der Waals surface area (Å²) in [6.07, 6.45) is 2.57. The molecule has 0 spiro atoms. The van der Waals surface area contributed by atoms with E-state index in [9.17, 15) is 14.9 Å². The quantitative estimate of drug-likeness (QED) is 0.226. The number of hydrogen-bond donors (Lipinski definition) is 1. The second kappa shape index (κ2) is 9.78. The molecule has 4 rings (SSSR count). The summed E-state index contributed by atoms with van der Waals surface area (Å²) in [5.74, 6) is 0.987. The molecule has 2 aromatic heterocycles. The summed E-state index contributed by atoms with van der Waals surface area (Å²) >= 11 is 5.61. The lowest BCUT2D eigenvalue weighted by molar-refractivity contribution is -0.384. The molecule has 0 saturated carbocycles. The van der Waals surface area contributed by atoms with Gasteiger partial charge in [-0.25, -0.2) is 0 Å². The van der Waals surface area contributed by atoms with Gasteiger partial charge >= 0.3 is 5.97 Å². The van der Waals surface area contributed by atoms with E-state index in [1.165, 1.54) is 19.2 Å². The van der Waals surface area contributed by atoms with Gasteiger partial charge in [0.05, 0.1) is 23.8 Å². The fraction of sp³-hybridized carbons (Fsp3) is 0.261. The summed E-state index contributed by atoms with van der Waals surface area (Å²) in [5, 5.41) is 14.8. The molecular formula is C23H22N4O5S. The van der Waals surface area contributed by atoms with Crippen LogP contribution in [0.5, 0.6) is 0 Å². The van der Waals surface area contributed by atoms with E-state index in [-0.39, 0.29) is 30.2 Å². The highest BCUT2D eigenvalue weighted by Gasteiger charge is 2.41. The molecular weight excluding hydrogens is 444 g/mol. The number of methoxy groups -OCH3 is 1. The maximum absolute atomic E-state index is 11.6. The standard InChI is InChI=1S/C23H22N4O5S/c1-31-20(28)6-4-14-26-22(21(25-23(26)33)17-5-2-3-13-24-17)19-12-11-18(32-19)15-7-9-16(10-8-15)27(29)30/h2-3,5,7-13,21-22H,4,6,14H2,1H3,(H,25,33)/t21-,22-/m1/s1. The van der Waals surface area contributed by atoms with Gasteiger partial charge in [0.2, 0.25) is 0 Å². The van der Waals surface area contributed by atoms with Crippen molar-refractivity contribution in [1.82, 2.24) is 15.2 Å². The lowest BCUT2D eigenvalue weighted by Gasteiger charge is -2.25. The lowest BCUT2D eigenvalue weighted by atomic mass is 10.0. The molecule has 1 aliphatic rings. The van der Waals surface area contributed by atoms with Crippen molar-refractivity contribution >= 4 is 29.0 Å². The minimum absolute atomic E-state index is 0.0165. The third-order valence-corrected chi connectivity index (χ3v) is 5.84. The van der Waals surface area contributed by atoms with Crippen LogP contribution in [0, 0.1) is 10.1 Å². The van der Waals surface area contributed by atoms with E-state index in [4.69, 9.17) is 21.4 Å². The molecule has 0 amide bonds. The van der Waals surface area contributed by atoms with E-state index in [0.29, 0.717) is 29.6 Å². The monoisotopic (exact) mass is 466 g/mol. The van der Waals surface area contributed by atoms with Gasteiger partial charge in [-0.1, -0.05) is 6.07 Å². The van der Waals surface area contributed by atoms with Gasteiger partial charge in [-0.3, -0.25) is 19.9 Å². The van der Waals surface area contributed by atoms with Crippen molar-refractivity contribution in [3.8, 4) is 11.3 Å². The molecule has 33 heavy (non-hydrogen) atoms. The zero-order chi connectivity index (χ0) is 23.4. The second-order valence-electron chi connectivity index (χ2n) is 7.51. The molecule has 3 heterocycles. The summed E-state index contributed by atoms with van der Waals surface area (Å²) in [6.45, 7) is 0.530. The Labute approximate surface area is 195 Å². The summed E-state index contributed by atoms with van der Waals surface area (Å²) < 4.78 is 10.9. The van der Waals surface area contributed by atoms with Crippen LogP contribution in [0.4, 0.5) is 5.69 Å². The van der Waals surface area contributed by atoms with Crippen LogP contribution < -0.4 is 5.32 Å². The van der Waals surface area contributed by atoms with Crippen molar-refractivity contribution in [2.75, 3.05) is 13.7 Å². The number of non-ortho nitro benzene ring substituents is 1. The third-order valence-electron chi connectivity index (χ3n) is 5.49. The fourth-order valence-corrected chi connectivity index (χ4v) is 4.20. The van der Waals surface area contributed by atoms with Gasteiger partial charge in [-0.05, 0) is 55.0 Å². The van der Waals surface area contributed by atoms with Crippen LogP contribution in [0.2, 0.25) is 0 Å². The normalized spacial score (nSPS) is 17.6. The topological polar surface area (TPSA) is 111 Å². The van der Waals surface area contributed by atoms with Crippen LogP contribution in [-0.2, 0) is 9.53 Å². The number of aromatic nitrogens is 1. The Morgan fingerprint density at radius 2 is 2.03 bits per heavy atom. The first-order chi connectivity index (χ1) is 16.0. The Bertz CT molecular complexity index is 1150. The molecule has 1 N–H and O–H groups in total. The number of benzene rings is 1. The van der Waals surface area contributed by atoms with Crippen molar-refractivity contribution in [3.05, 3.63) is 82.4 Å². The smallest absolute Gasteiger partial charge is 0.305 e. The second-order valence-corrected chi connectivity index (χ2v) is 7.89. The van der Waals surface area contributed by atoms with Crippen LogP contribution in [0.3, 0.4) is 0 Å². The number of thiocarbonyl (C=S) groups is 1. The number of furan rings is 1. The van der Waals surface area contributed by atoms with E-state index >= 15 is 0 Å². The minimum atomic E-state index is -0.438. The number of hydrogen-bond acceptors (Lipinski definition) is 7. The van der Waals surface area contributed by atoms with Crippen molar-refractivity contribution in [2.45, 2.75) is 24.9 Å². The van der Waals surface area contributed by atoms with Crippen LogP contribution in [0.15, 0.2) is 65.2 Å². The highest BCUT2D eigenvalue weighted by atomic mass is 32.1. The lowest BCUT2D eigenvalue weighted by Crippen LogP contribution is -2.30. The van der Waals surface area contributed by atoms with Gasteiger partial charge in [0.25, 0.3) is 5.69 Å². The number of ether oxygens (including phenoxy) is 1. The zero-order valence-electron chi connectivity index (χ0n) is 17.8. The molecule has 0 radical (unpaired) electrons. The number of carbonyl (C=O) groups is 1. The zero-order valence-corrected chi connectivity index (χ0v) is 18.7. The Morgan fingerprint density at radius 3 is 2.70 bits per heavy atom. The van der Waals surface area contributed by atoms with Gasteiger partial charge in [0.15, 0.2) is 5.11 Å². The average Bonchev–Trinajstić information content (AvgIpc) is 3.44. The molecule has 10 heteroatoms. The number of nitro groups is 1. The predicted molar refractivity (Wildman–Crippen MR) is 124 cm³/mol. The molecule has 2 atom stereocenters. The maximum Gasteiger partial charge on any atom is 0.305 e. The highest BCUT2D eigenvalue weighted by molar-refractivity contribution is 7.80. The molecule has 1 aromatic carbocycles. The van der Waals surface area contributed by atoms with Crippen LogP contribution in [-0.4, -0.2) is 39.5 Å². The highest BCUT2D eigenvalue weighted by Crippen LogP contribution is 2.40. The van der Waals surface area contributed by atoms with Gasteiger partial charge < -0.3 is 19.4 Å². The molecule has 0 unspecified atom stereocenters. The molecule has 1 fully saturated rings. The first-order valence-electron chi connectivity index (χ1n) is 10.4. The first-order valence-corrected chi connectivity index (χ1v) is 10.8. The number of carbonyl (C=O) groups excluding carboxylic acids is 1. The molecule has 3 aromatic rings. The maximum atomic E-state index is 11.6. The molecule has 1 aliphatic heterocycles. The van der Waals surface area contributed by atoms with Crippen molar-refractivity contribution in [1.29, 1.82) is 0 Å². The summed E-state index contributed by atoms with van der Waals surface area (Å²) in [7, 11) is 1.37. The van der Waals surface area contributed by atoms with E-state index in [0.717, 1.165) is 11.3 Å². The van der Waals surface area contributed by atoms with Crippen LogP contribution in [0.25, 0.3) is 11.3 Å². The molecule has 9 nitrogen and oxygen atoms in total. The van der Waals surface area contributed by atoms with Crippen molar-refractivity contribution in [3.63, 3.8) is 0 Å². The fourth-order valence-electron chi connectivity index (χ4n) is 3.87. The van der Waals surface area contributed by atoms with Crippen LogP contribution in [0.1, 0.15) is 36.4 Å². The Kier molecular flexibility index (Phi) is 6.64. The minimum Gasteiger partial charge on any atom is -0.469 e. The number of pyridine rings is 1. The summed E-state index contributed by atoms with van der Waals surface area (Å²) in [5.41, 5.74) is 1.56. The summed E-state index contributed by atoms with van der Waals surface area (Å²) in [4.78, 5) is 28.6. The van der Waals surface area contributed by atoms with Crippen LogP contribution >= 0.6 is 12.2 Å². The van der Waals surface area contributed by atoms with Crippen molar-refractivity contribution < 1.29 is 18.9 Å². The van der Waals surface area contributed by atoms with Gasteiger partial charge in [-0.15, -0.1) is 0 Å². The van der Waals surface area contributed by atoms with Gasteiger partial charge in [0, 0.05) is 36.9 Å². The molecule has 170 valence electrons. The van der Waals surface area contributed by atoms with E-state index in [1.807, 2.05) is 35.2 Å². The number of nitrogens with one attached hydrogen (secondary N) is 1. The third kappa shape index (κ3) is 4.85. The van der Waals surface area contributed by atoms with Gasteiger partial charge in [-0.2, -0.15) is 0 Å². The van der Waals surface area contributed by atoms with Crippen molar-refractivity contribution in [2.24, 2.45) is 0 Å². The van der Waals surface area contributed by atoms with E-state index in [2.05, 4.69) is 10.3 Å².